The molecule has 1 aliphatic rings. The van der Waals surface area contributed by atoms with Crippen LogP contribution < -0.4 is 5.32 Å². The van der Waals surface area contributed by atoms with Crippen LogP contribution in [0.4, 0.5) is 5.82 Å². The van der Waals surface area contributed by atoms with Crippen molar-refractivity contribution >= 4 is 5.82 Å². The number of hydrogen-bond donors (Lipinski definition) is 1. The van der Waals surface area contributed by atoms with E-state index in [-0.39, 0.29) is 0 Å². The Morgan fingerprint density at radius 3 is 2.62 bits per heavy atom. The maximum absolute atomic E-state index is 4.21. The van der Waals surface area contributed by atoms with Gasteiger partial charge in [-0.1, -0.05) is 13.8 Å². The largest absolute Gasteiger partial charge is 0.367 e. The Hall–Kier alpha value is -1.05. The number of hydrogen-bond acceptors (Lipinski definition) is 2. The topological polar surface area (TPSA) is 24.9 Å². The van der Waals surface area contributed by atoms with Gasteiger partial charge in [-0.3, -0.25) is 0 Å². The third-order valence-electron chi connectivity index (χ3n) is 1.84. The van der Waals surface area contributed by atoms with Gasteiger partial charge in [-0.15, -0.1) is 0 Å². The molecular formula is C11H18N2. The Bertz CT molecular complexity index is 254. The summed E-state index contributed by atoms with van der Waals surface area (Å²) in [6.45, 7) is 6.08. The van der Waals surface area contributed by atoms with E-state index in [4.69, 9.17) is 0 Å². The van der Waals surface area contributed by atoms with E-state index in [9.17, 15) is 0 Å². The van der Waals surface area contributed by atoms with Crippen LogP contribution in [-0.2, 0) is 0 Å². The highest BCUT2D eigenvalue weighted by Crippen LogP contribution is 2.23. The molecule has 1 N–H and O–H groups in total. The van der Waals surface area contributed by atoms with Crippen LogP contribution in [0.25, 0.3) is 0 Å². The third kappa shape index (κ3) is 3.45. The van der Waals surface area contributed by atoms with Crippen LogP contribution in [0.3, 0.4) is 0 Å². The van der Waals surface area contributed by atoms with Crippen LogP contribution in [0.15, 0.2) is 18.3 Å². The normalized spacial score (nSPS) is 14.4. The van der Waals surface area contributed by atoms with Crippen LogP contribution in [-0.4, -0.2) is 11.0 Å². The fourth-order valence-corrected chi connectivity index (χ4v) is 1.05. The lowest BCUT2D eigenvalue weighted by Gasteiger charge is -2.02. The van der Waals surface area contributed by atoms with Crippen LogP contribution in [0.1, 0.15) is 32.3 Å². The number of nitrogens with zero attached hydrogens (tertiary/aromatic N) is 1. The summed E-state index contributed by atoms with van der Waals surface area (Å²) in [5.74, 6) is 1.02. The monoisotopic (exact) mass is 178 g/mol. The number of anilines is 1. The minimum absolute atomic E-state index is 0.698. The van der Waals surface area contributed by atoms with Crippen LogP contribution in [0.5, 0.6) is 0 Å². The van der Waals surface area contributed by atoms with Gasteiger partial charge in [-0.05, 0) is 37.5 Å². The van der Waals surface area contributed by atoms with Gasteiger partial charge in [0.2, 0.25) is 0 Å². The summed E-state index contributed by atoms with van der Waals surface area (Å²) < 4.78 is 0. The maximum atomic E-state index is 4.21. The van der Waals surface area contributed by atoms with Gasteiger partial charge in [0, 0.05) is 12.2 Å². The van der Waals surface area contributed by atoms with Crippen molar-refractivity contribution in [3.8, 4) is 0 Å². The van der Waals surface area contributed by atoms with Crippen LogP contribution in [0.2, 0.25) is 0 Å². The van der Waals surface area contributed by atoms with Crippen molar-refractivity contribution in [2.24, 2.45) is 0 Å². The first-order chi connectivity index (χ1) is 6.34. The Labute approximate surface area is 80.4 Å². The second kappa shape index (κ2) is 4.85. The predicted octanol–water partition coefficient (Wildman–Crippen LogP) is 2.99. The first kappa shape index (κ1) is 10.0. The molecule has 1 aromatic heterocycles. The van der Waals surface area contributed by atoms with Crippen LogP contribution in [0, 0.1) is 6.92 Å². The van der Waals surface area contributed by atoms with Gasteiger partial charge in [0.25, 0.3) is 0 Å². The molecule has 0 aliphatic heterocycles. The Morgan fingerprint density at radius 2 is 2.08 bits per heavy atom. The first-order valence-electron chi connectivity index (χ1n) is 5.04. The number of aromatic nitrogens is 1. The molecule has 0 aromatic carbocycles. The molecule has 1 heterocycles. The Morgan fingerprint density at radius 1 is 1.38 bits per heavy atom. The molecule has 2 nitrogen and oxygen atoms in total. The number of rotatable bonds is 2. The average molecular weight is 178 g/mol. The second-order valence-electron chi connectivity index (χ2n) is 3.14. The Balaban J connectivity index is 0.000000396. The lowest BCUT2D eigenvalue weighted by atomic mass is 10.3. The summed E-state index contributed by atoms with van der Waals surface area (Å²) in [5.41, 5.74) is 1.27. The molecule has 0 saturated heterocycles. The van der Waals surface area contributed by atoms with Crippen molar-refractivity contribution < 1.29 is 0 Å². The van der Waals surface area contributed by atoms with Gasteiger partial charge < -0.3 is 5.32 Å². The molecule has 0 spiro atoms. The molecule has 2 heteroatoms. The molecule has 0 unspecified atom stereocenters. The van der Waals surface area contributed by atoms with E-state index in [1.165, 1.54) is 18.4 Å². The smallest absolute Gasteiger partial charge is 0.126 e. The highest BCUT2D eigenvalue weighted by atomic mass is 15.0. The van der Waals surface area contributed by atoms with Crippen molar-refractivity contribution in [1.29, 1.82) is 0 Å². The quantitative estimate of drug-likeness (QED) is 0.753. The van der Waals surface area contributed by atoms with E-state index in [1.807, 2.05) is 26.1 Å². The van der Waals surface area contributed by atoms with E-state index in [1.54, 1.807) is 0 Å². The van der Waals surface area contributed by atoms with Gasteiger partial charge in [-0.2, -0.15) is 0 Å². The van der Waals surface area contributed by atoms with Crippen molar-refractivity contribution in [1.82, 2.24) is 4.98 Å². The fourth-order valence-electron chi connectivity index (χ4n) is 1.05. The summed E-state index contributed by atoms with van der Waals surface area (Å²) in [5, 5.41) is 3.35. The van der Waals surface area contributed by atoms with Crippen molar-refractivity contribution in [3.05, 3.63) is 23.9 Å². The molecule has 13 heavy (non-hydrogen) atoms. The maximum Gasteiger partial charge on any atom is 0.126 e. The zero-order valence-electron chi connectivity index (χ0n) is 8.67. The van der Waals surface area contributed by atoms with E-state index in [2.05, 4.69) is 23.3 Å². The molecule has 72 valence electrons. The fraction of sp³-hybridized carbons (Fsp3) is 0.545. The number of nitrogens with one attached hydrogen (secondary N) is 1. The molecule has 0 amide bonds. The zero-order chi connectivity index (χ0) is 9.68. The molecule has 1 aromatic rings. The van der Waals surface area contributed by atoms with Gasteiger partial charge >= 0.3 is 0 Å². The minimum Gasteiger partial charge on any atom is -0.367 e. The zero-order valence-corrected chi connectivity index (χ0v) is 8.67. The summed E-state index contributed by atoms with van der Waals surface area (Å²) in [6, 6.07) is 4.79. The van der Waals surface area contributed by atoms with Crippen molar-refractivity contribution in [2.75, 3.05) is 5.32 Å². The molecule has 1 fully saturated rings. The summed E-state index contributed by atoms with van der Waals surface area (Å²) in [6.07, 6.45) is 4.45. The predicted molar refractivity (Wildman–Crippen MR) is 57.0 cm³/mol. The lowest BCUT2D eigenvalue weighted by molar-refractivity contribution is 1.11. The van der Waals surface area contributed by atoms with E-state index < -0.39 is 0 Å². The Kier molecular flexibility index (Phi) is 3.74. The van der Waals surface area contributed by atoms with Gasteiger partial charge in [0.15, 0.2) is 0 Å². The molecule has 2 rings (SSSR count). The summed E-state index contributed by atoms with van der Waals surface area (Å²) in [4.78, 5) is 4.21. The minimum atomic E-state index is 0.698. The molecule has 0 radical (unpaired) electrons. The molecule has 0 atom stereocenters. The highest BCUT2D eigenvalue weighted by molar-refractivity contribution is 5.39. The van der Waals surface area contributed by atoms with E-state index >= 15 is 0 Å². The summed E-state index contributed by atoms with van der Waals surface area (Å²) >= 11 is 0. The highest BCUT2D eigenvalue weighted by Gasteiger charge is 2.20. The number of aryl methyl sites for hydroxylation is 1. The molecule has 1 aliphatic carbocycles. The van der Waals surface area contributed by atoms with Crippen molar-refractivity contribution in [3.63, 3.8) is 0 Å². The van der Waals surface area contributed by atoms with Gasteiger partial charge in [-0.25, -0.2) is 4.98 Å². The van der Waals surface area contributed by atoms with E-state index in [0.29, 0.717) is 6.04 Å². The van der Waals surface area contributed by atoms with Gasteiger partial charge in [0.1, 0.15) is 5.82 Å². The second-order valence-corrected chi connectivity index (χ2v) is 3.14. The van der Waals surface area contributed by atoms with Crippen molar-refractivity contribution in [2.45, 2.75) is 39.7 Å². The molecule has 1 saturated carbocycles. The van der Waals surface area contributed by atoms with E-state index in [0.717, 1.165) is 5.82 Å². The lowest BCUT2D eigenvalue weighted by Crippen LogP contribution is -2.02. The standard InChI is InChI=1S/C9H12N2.C2H6/c1-7-4-5-10-9(6-7)11-8-2-3-8;1-2/h4-6,8H,2-3H2,1H3,(H,10,11);1-2H3. The molecular weight excluding hydrogens is 160 g/mol. The average Bonchev–Trinajstić information content (AvgIpc) is 2.92. The SMILES string of the molecule is CC.Cc1ccnc(NC2CC2)c1. The number of pyridine rings is 1. The van der Waals surface area contributed by atoms with Crippen LogP contribution >= 0.6 is 0 Å². The third-order valence-corrected chi connectivity index (χ3v) is 1.84. The molecule has 0 bridgehead atoms. The first-order valence-corrected chi connectivity index (χ1v) is 5.04. The van der Waals surface area contributed by atoms with Gasteiger partial charge in [0.05, 0.1) is 0 Å². The summed E-state index contributed by atoms with van der Waals surface area (Å²) in [7, 11) is 0.